The Kier molecular flexibility index (Phi) is 5.90. The molecule has 0 heterocycles. The molecule has 0 aromatic heterocycles. The van der Waals surface area contributed by atoms with Crippen molar-refractivity contribution in [3.8, 4) is 0 Å². The summed E-state index contributed by atoms with van der Waals surface area (Å²) in [6.07, 6.45) is 1.53. The maximum absolute atomic E-state index is 8.87. The van der Waals surface area contributed by atoms with E-state index in [0.717, 1.165) is 25.9 Å². The van der Waals surface area contributed by atoms with Crippen molar-refractivity contribution in [1.82, 2.24) is 0 Å². The molecule has 0 saturated heterocycles. The van der Waals surface area contributed by atoms with Gasteiger partial charge in [-0.1, -0.05) is 12.1 Å². The van der Waals surface area contributed by atoms with Gasteiger partial charge in [0.2, 0.25) is 0 Å². The molecule has 0 aliphatic rings. The van der Waals surface area contributed by atoms with E-state index < -0.39 is 0 Å². The molecular weight excluding hydrogens is 202 g/mol. The van der Waals surface area contributed by atoms with Gasteiger partial charge in [-0.25, -0.2) is 0 Å². The summed E-state index contributed by atoms with van der Waals surface area (Å²) in [5.41, 5.74) is 2.40. The summed E-state index contributed by atoms with van der Waals surface area (Å²) in [5, 5.41) is 17.7. The normalized spacial score (nSPS) is 10.4. The van der Waals surface area contributed by atoms with E-state index in [4.69, 9.17) is 10.2 Å². The Morgan fingerprint density at radius 1 is 1.06 bits per heavy atom. The molecule has 0 bridgehead atoms. The first kappa shape index (κ1) is 13.0. The second-order valence-electron chi connectivity index (χ2n) is 3.98. The molecule has 0 atom stereocenters. The lowest BCUT2D eigenvalue weighted by Gasteiger charge is -2.24. The van der Waals surface area contributed by atoms with Crippen LogP contribution in [0.1, 0.15) is 18.4 Å². The Balaban J connectivity index is 2.66. The average Bonchev–Trinajstić information content (AvgIpc) is 2.29. The molecule has 0 radical (unpaired) electrons. The molecule has 0 aliphatic carbocycles. The van der Waals surface area contributed by atoms with Crippen LogP contribution < -0.4 is 4.90 Å². The molecule has 0 amide bonds. The van der Waals surface area contributed by atoms with Crippen molar-refractivity contribution < 1.29 is 10.2 Å². The lowest BCUT2D eigenvalue weighted by molar-refractivity contribution is 0.282. The zero-order valence-electron chi connectivity index (χ0n) is 9.89. The minimum atomic E-state index is 0.210. The Hall–Kier alpha value is -1.06. The van der Waals surface area contributed by atoms with E-state index in [1.165, 1.54) is 11.3 Å². The zero-order chi connectivity index (χ0) is 11.8. The van der Waals surface area contributed by atoms with Crippen molar-refractivity contribution in [2.75, 3.05) is 31.2 Å². The highest BCUT2D eigenvalue weighted by Gasteiger charge is 2.05. The fraction of sp³-hybridized carbons (Fsp3) is 0.538. The molecule has 90 valence electrons. The van der Waals surface area contributed by atoms with Gasteiger partial charge in [-0.05, 0) is 37.5 Å². The molecule has 0 saturated carbocycles. The Morgan fingerprint density at radius 3 is 2.19 bits per heavy atom. The van der Waals surface area contributed by atoms with Crippen molar-refractivity contribution in [3.63, 3.8) is 0 Å². The van der Waals surface area contributed by atoms with Crippen molar-refractivity contribution in [2.24, 2.45) is 0 Å². The Labute approximate surface area is 97.3 Å². The predicted molar refractivity (Wildman–Crippen MR) is 66.8 cm³/mol. The summed E-state index contributed by atoms with van der Waals surface area (Å²) >= 11 is 0. The highest BCUT2D eigenvalue weighted by molar-refractivity contribution is 5.48. The van der Waals surface area contributed by atoms with Crippen LogP contribution in [0.15, 0.2) is 24.3 Å². The number of aliphatic hydroxyl groups excluding tert-OH is 2. The number of aryl methyl sites for hydroxylation is 1. The van der Waals surface area contributed by atoms with Crippen molar-refractivity contribution in [3.05, 3.63) is 29.8 Å². The van der Waals surface area contributed by atoms with Crippen LogP contribution in [0.5, 0.6) is 0 Å². The molecule has 0 aliphatic heterocycles. The zero-order valence-corrected chi connectivity index (χ0v) is 9.89. The third kappa shape index (κ3) is 4.21. The molecule has 1 aromatic rings. The Bertz CT molecular complexity index is 294. The van der Waals surface area contributed by atoms with Crippen LogP contribution >= 0.6 is 0 Å². The van der Waals surface area contributed by atoms with Crippen LogP contribution in [0, 0.1) is 6.92 Å². The minimum Gasteiger partial charge on any atom is -0.396 e. The first-order valence-electron chi connectivity index (χ1n) is 5.81. The number of rotatable bonds is 7. The molecule has 3 nitrogen and oxygen atoms in total. The van der Waals surface area contributed by atoms with Crippen LogP contribution in [0.2, 0.25) is 0 Å². The van der Waals surface area contributed by atoms with Gasteiger partial charge in [0, 0.05) is 32.0 Å². The number of aliphatic hydroxyl groups is 2. The number of hydrogen-bond donors (Lipinski definition) is 2. The lowest BCUT2D eigenvalue weighted by Crippen LogP contribution is -2.26. The number of nitrogens with zero attached hydrogens (tertiary/aromatic N) is 1. The van der Waals surface area contributed by atoms with Gasteiger partial charge < -0.3 is 15.1 Å². The van der Waals surface area contributed by atoms with Gasteiger partial charge in [0.05, 0.1) is 0 Å². The van der Waals surface area contributed by atoms with Crippen LogP contribution in [-0.2, 0) is 0 Å². The third-order valence-corrected chi connectivity index (χ3v) is 2.54. The summed E-state index contributed by atoms with van der Waals surface area (Å²) in [4.78, 5) is 2.21. The second kappa shape index (κ2) is 7.25. The van der Waals surface area contributed by atoms with Gasteiger partial charge in [0.25, 0.3) is 0 Å². The monoisotopic (exact) mass is 223 g/mol. The van der Waals surface area contributed by atoms with E-state index in [9.17, 15) is 0 Å². The summed E-state index contributed by atoms with van der Waals surface area (Å²) < 4.78 is 0. The van der Waals surface area contributed by atoms with Gasteiger partial charge in [-0.15, -0.1) is 0 Å². The molecular formula is C13H21NO2. The molecule has 1 aromatic carbocycles. The van der Waals surface area contributed by atoms with Crippen LogP contribution in [0.3, 0.4) is 0 Å². The highest BCUT2D eigenvalue weighted by atomic mass is 16.3. The predicted octanol–water partition coefficient (Wildman–Crippen LogP) is 1.57. The molecule has 0 unspecified atom stereocenters. The number of anilines is 1. The smallest absolute Gasteiger partial charge is 0.0447 e. The van der Waals surface area contributed by atoms with Crippen molar-refractivity contribution in [2.45, 2.75) is 19.8 Å². The van der Waals surface area contributed by atoms with Crippen LogP contribution in [0.25, 0.3) is 0 Å². The van der Waals surface area contributed by atoms with Crippen LogP contribution in [-0.4, -0.2) is 36.5 Å². The summed E-state index contributed by atoms with van der Waals surface area (Å²) in [7, 11) is 0. The maximum Gasteiger partial charge on any atom is 0.0447 e. The van der Waals surface area contributed by atoms with E-state index in [1.807, 2.05) is 6.07 Å². The summed E-state index contributed by atoms with van der Waals surface area (Å²) in [6.45, 7) is 4.16. The molecule has 2 N–H and O–H groups in total. The van der Waals surface area contributed by atoms with E-state index >= 15 is 0 Å². The first-order valence-corrected chi connectivity index (χ1v) is 5.81. The molecule has 3 heteroatoms. The van der Waals surface area contributed by atoms with E-state index in [1.54, 1.807) is 0 Å². The van der Waals surface area contributed by atoms with Crippen LogP contribution in [0.4, 0.5) is 5.69 Å². The highest BCUT2D eigenvalue weighted by Crippen LogP contribution is 2.16. The SMILES string of the molecule is Cc1cccc(N(CCCO)CCCO)c1. The summed E-state index contributed by atoms with van der Waals surface area (Å²) in [6, 6.07) is 8.31. The largest absolute Gasteiger partial charge is 0.396 e. The molecule has 0 fully saturated rings. The topological polar surface area (TPSA) is 43.7 Å². The fourth-order valence-electron chi connectivity index (χ4n) is 1.72. The fourth-order valence-corrected chi connectivity index (χ4v) is 1.72. The number of benzene rings is 1. The maximum atomic E-state index is 8.87. The summed E-state index contributed by atoms with van der Waals surface area (Å²) in [5.74, 6) is 0. The molecule has 1 rings (SSSR count). The quantitative estimate of drug-likeness (QED) is 0.737. The lowest BCUT2D eigenvalue weighted by atomic mass is 10.2. The van der Waals surface area contributed by atoms with Gasteiger partial charge in [-0.2, -0.15) is 0 Å². The van der Waals surface area contributed by atoms with E-state index in [0.29, 0.717) is 0 Å². The molecule has 0 spiro atoms. The third-order valence-electron chi connectivity index (χ3n) is 2.54. The first-order chi connectivity index (χ1) is 7.77. The van der Waals surface area contributed by atoms with Crippen molar-refractivity contribution >= 4 is 5.69 Å². The van der Waals surface area contributed by atoms with Crippen molar-refractivity contribution in [1.29, 1.82) is 0 Å². The number of hydrogen-bond acceptors (Lipinski definition) is 3. The van der Waals surface area contributed by atoms with E-state index in [-0.39, 0.29) is 13.2 Å². The average molecular weight is 223 g/mol. The standard InChI is InChI=1S/C13H21NO2/c1-12-5-2-6-13(11-12)14(7-3-9-15)8-4-10-16/h2,5-6,11,15-16H,3-4,7-10H2,1H3. The minimum absolute atomic E-state index is 0.210. The van der Waals surface area contributed by atoms with Gasteiger partial charge >= 0.3 is 0 Å². The van der Waals surface area contributed by atoms with Gasteiger partial charge in [0.1, 0.15) is 0 Å². The van der Waals surface area contributed by atoms with E-state index in [2.05, 4.69) is 30.0 Å². The second-order valence-corrected chi connectivity index (χ2v) is 3.98. The Morgan fingerprint density at radius 2 is 1.69 bits per heavy atom. The molecule has 16 heavy (non-hydrogen) atoms. The van der Waals surface area contributed by atoms with Gasteiger partial charge in [0.15, 0.2) is 0 Å². The van der Waals surface area contributed by atoms with Gasteiger partial charge in [-0.3, -0.25) is 0 Å².